The zero-order chi connectivity index (χ0) is 33.8. The Balaban J connectivity index is 0.00000243. The Morgan fingerprint density at radius 2 is 0.920 bits per heavy atom. The molecule has 2 unspecified atom stereocenters. The summed E-state index contributed by atoms with van der Waals surface area (Å²) in [5, 5.41) is 0. The zero-order valence-corrected chi connectivity index (χ0v) is 35.6. The molecule has 3 heteroatoms. The normalized spacial score (nSPS) is 18.3. The van der Waals surface area contributed by atoms with Crippen LogP contribution < -0.4 is 24.8 Å². The molecule has 0 N–H and O–H groups in total. The van der Waals surface area contributed by atoms with E-state index < -0.39 is 20.3 Å². The standard InChI is InChI=1S/2C22H25.C3H6.2ClH.Zr/c2*1-5-7-16-10-12-17(13-11-16)20-9-6-8-18-14-19(15-21(18)20)22(2,3)4;1-3-2;;;/h2*6,8-15H,5,7H2,1-4H3;1-3H2;2*1H;/q;;;;;+2/p-2. The Morgan fingerprint density at radius 3 is 1.22 bits per heavy atom. The molecule has 0 bridgehead atoms. The summed E-state index contributed by atoms with van der Waals surface area (Å²) in [4.78, 5) is 0. The molecule has 0 aromatic heterocycles. The van der Waals surface area contributed by atoms with Crippen molar-refractivity contribution in [1.29, 1.82) is 0 Å². The Labute approximate surface area is 320 Å². The van der Waals surface area contributed by atoms with Crippen molar-refractivity contribution in [3.63, 3.8) is 0 Å². The number of hydrogen-bond donors (Lipinski definition) is 0. The van der Waals surface area contributed by atoms with E-state index in [1.54, 1.807) is 22.3 Å². The van der Waals surface area contributed by atoms with E-state index in [-0.39, 0.29) is 35.6 Å². The van der Waals surface area contributed by atoms with Crippen LogP contribution in [0, 0.1) is 10.8 Å². The molecule has 2 aliphatic carbocycles. The number of hydrogen-bond acceptors (Lipinski definition) is 0. The summed E-state index contributed by atoms with van der Waals surface area (Å²) in [5.41, 5.74) is 18.5. The predicted molar refractivity (Wildman–Crippen MR) is 206 cm³/mol. The maximum absolute atomic E-state index is 3.03. The van der Waals surface area contributed by atoms with E-state index in [0.717, 1.165) is 12.8 Å². The van der Waals surface area contributed by atoms with Gasteiger partial charge >= 0.3 is 298 Å². The van der Waals surface area contributed by atoms with Crippen LogP contribution in [-0.2, 0) is 33.1 Å². The summed E-state index contributed by atoms with van der Waals surface area (Å²) in [6, 6.07) is 33.5. The third-order valence-corrected chi connectivity index (χ3v) is 26.9. The van der Waals surface area contributed by atoms with Crippen LogP contribution in [0.3, 0.4) is 0 Å². The molecular formula is C47H56Cl2Zr. The van der Waals surface area contributed by atoms with Crippen LogP contribution in [0.15, 0.2) is 96.1 Å². The molecular weight excluding hydrogens is 727 g/mol. The SMILES string of the molecule is CCCc1ccc(-c2cccc3c2C=C(C(C)(C)C)[CH]3[Zr+2]2([CH]3C(C(C)(C)C)=Cc4c(-c5ccc(CCC)cc5)cccc43)[CH2]C[CH2]2)cc1.[Cl-].[Cl-]. The van der Waals surface area contributed by atoms with Crippen LogP contribution in [0.2, 0.25) is 8.26 Å². The van der Waals surface area contributed by atoms with Crippen LogP contribution in [0.25, 0.3) is 34.4 Å². The van der Waals surface area contributed by atoms with E-state index >= 15 is 0 Å². The van der Waals surface area contributed by atoms with Crippen molar-refractivity contribution in [2.24, 2.45) is 10.8 Å². The fourth-order valence-electron chi connectivity index (χ4n) is 9.45. The van der Waals surface area contributed by atoms with Crippen LogP contribution in [0.5, 0.6) is 0 Å². The molecule has 0 radical (unpaired) electrons. The monoisotopic (exact) mass is 780 g/mol. The van der Waals surface area contributed by atoms with Crippen molar-refractivity contribution in [2.45, 2.75) is 103 Å². The van der Waals surface area contributed by atoms with Gasteiger partial charge in [-0.3, -0.25) is 0 Å². The van der Waals surface area contributed by atoms with Gasteiger partial charge in [-0.1, -0.05) is 0 Å². The van der Waals surface area contributed by atoms with Crippen molar-refractivity contribution in [3.8, 4) is 22.3 Å². The van der Waals surface area contributed by atoms with Gasteiger partial charge in [-0.15, -0.1) is 0 Å². The zero-order valence-electron chi connectivity index (χ0n) is 31.6. The molecule has 4 aromatic carbocycles. The quantitative estimate of drug-likeness (QED) is 0.170. The third kappa shape index (κ3) is 6.86. The Kier molecular flexibility index (Phi) is 11.8. The van der Waals surface area contributed by atoms with E-state index in [9.17, 15) is 0 Å². The summed E-state index contributed by atoms with van der Waals surface area (Å²) in [5.74, 6) is 0. The molecule has 2 atom stereocenters. The molecule has 0 nitrogen and oxygen atoms in total. The van der Waals surface area contributed by atoms with Gasteiger partial charge in [0.25, 0.3) is 0 Å². The average Bonchev–Trinajstić information content (AvgIpc) is 3.63. The van der Waals surface area contributed by atoms with Crippen molar-refractivity contribution in [3.05, 3.63) is 129 Å². The van der Waals surface area contributed by atoms with Crippen LogP contribution in [0.4, 0.5) is 0 Å². The minimum atomic E-state index is -3.03. The van der Waals surface area contributed by atoms with Gasteiger partial charge in [-0.2, -0.15) is 0 Å². The molecule has 50 heavy (non-hydrogen) atoms. The summed E-state index contributed by atoms with van der Waals surface area (Å²) < 4.78 is 4.19. The van der Waals surface area contributed by atoms with E-state index in [1.165, 1.54) is 72.0 Å². The Morgan fingerprint density at radius 1 is 0.540 bits per heavy atom. The molecule has 0 spiro atoms. The second kappa shape index (κ2) is 15.1. The van der Waals surface area contributed by atoms with Gasteiger partial charge in [0, 0.05) is 0 Å². The molecule has 1 saturated heterocycles. The summed E-state index contributed by atoms with van der Waals surface area (Å²) in [6.45, 7) is 19.5. The van der Waals surface area contributed by atoms with Gasteiger partial charge in [0.15, 0.2) is 0 Å². The summed E-state index contributed by atoms with van der Waals surface area (Å²) in [7, 11) is 0. The first kappa shape index (κ1) is 39.0. The number of aryl methyl sites for hydroxylation is 2. The van der Waals surface area contributed by atoms with Gasteiger partial charge in [0.05, 0.1) is 0 Å². The van der Waals surface area contributed by atoms with Crippen LogP contribution in [0.1, 0.15) is 115 Å². The van der Waals surface area contributed by atoms with Gasteiger partial charge < -0.3 is 24.8 Å². The number of halogens is 2. The van der Waals surface area contributed by atoms with Crippen LogP contribution in [-0.4, -0.2) is 0 Å². The maximum atomic E-state index is 2.68. The van der Waals surface area contributed by atoms with Gasteiger partial charge in [0.1, 0.15) is 0 Å². The first-order valence-electron chi connectivity index (χ1n) is 18.8. The van der Waals surface area contributed by atoms with Gasteiger partial charge in [0.2, 0.25) is 0 Å². The minimum Gasteiger partial charge on any atom is -1.00 e. The molecule has 0 saturated carbocycles. The minimum absolute atomic E-state index is 0. The number of allylic oxidation sites excluding steroid dienone is 2. The molecule has 262 valence electrons. The third-order valence-electron chi connectivity index (χ3n) is 11.9. The van der Waals surface area contributed by atoms with Crippen molar-refractivity contribution in [1.82, 2.24) is 0 Å². The Bertz CT molecular complexity index is 1740. The molecule has 1 fully saturated rings. The van der Waals surface area contributed by atoms with Crippen molar-refractivity contribution >= 4 is 12.2 Å². The number of rotatable bonds is 8. The Hall–Kier alpha value is -2.18. The fraction of sp³-hybridized carbons (Fsp3) is 0.404. The topological polar surface area (TPSA) is 0 Å². The maximum Gasteiger partial charge on any atom is -1.00 e. The first-order valence-corrected chi connectivity index (χ1v) is 25.2. The molecule has 1 heterocycles. The van der Waals surface area contributed by atoms with E-state index in [0.29, 0.717) is 7.25 Å². The summed E-state index contributed by atoms with van der Waals surface area (Å²) >= 11 is -3.03. The summed E-state index contributed by atoms with van der Waals surface area (Å²) in [6.07, 6.45) is 11.4. The van der Waals surface area contributed by atoms with Crippen molar-refractivity contribution in [2.75, 3.05) is 0 Å². The van der Waals surface area contributed by atoms with E-state index in [4.69, 9.17) is 0 Å². The predicted octanol–water partition coefficient (Wildman–Crippen LogP) is 8.00. The van der Waals surface area contributed by atoms with E-state index in [1.807, 2.05) is 0 Å². The van der Waals surface area contributed by atoms with Gasteiger partial charge in [-0.25, -0.2) is 0 Å². The van der Waals surface area contributed by atoms with Crippen molar-refractivity contribution < 1.29 is 45.1 Å². The second-order valence-corrected chi connectivity index (χ2v) is 28.5. The number of benzene rings is 4. The average molecular weight is 783 g/mol. The molecule has 3 aliphatic rings. The molecule has 1 aliphatic heterocycles. The smallest absolute Gasteiger partial charge is 1.00 e. The van der Waals surface area contributed by atoms with E-state index in [2.05, 4.69) is 152 Å². The fourth-order valence-corrected chi connectivity index (χ4v) is 25.9. The largest absolute Gasteiger partial charge is 1.00 e. The number of fused-ring (bicyclic) bond motifs is 2. The molecule has 0 amide bonds. The first-order chi connectivity index (χ1) is 23.0. The van der Waals surface area contributed by atoms with Crippen LogP contribution >= 0.6 is 0 Å². The van der Waals surface area contributed by atoms with Gasteiger partial charge in [-0.05, 0) is 0 Å². The second-order valence-electron chi connectivity index (χ2n) is 17.2. The molecule has 7 rings (SSSR count). The molecule has 4 aromatic rings.